The molecule has 6 heteroatoms. The van der Waals surface area contributed by atoms with E-state index < -0.39 is 17.7 Å². The Morgan fingerprint density at radius 2 is 1.90 bits per heavy atom. The van der Waals surface area contributed by atoms with Crippen LogP contribution in [0.25, 0.3) is 0 Å². The van der Waals surface area contributed by atoms with E-state index in [-0.39, 0.29) is 17.5 Å². The summed E-state index contributed by atoms with van der Waals surface area (Å²) in [6.45, 7) is 0. The molecule has 0 saturated carbocycles. The van der Waals surface area contributed by atoms with E-state index in [1.807, 2.05) is 0 Å². The summed E-state index contributed by atoms with van der Waals surface area (Å²) in [6, 6.07) is 10.3. The van der Waals surface area contributed by atoms with Crippen LogP contribution in [0.2, 0.25) is 0 Å². The highest BCUT2D eigenvalue weighted by Crippen LogP contribution is 2.20. The molecule has 2 aromatic rings. The molecule has 0 saturated heterocycles. The number of benzene rings is 2. The second-order valence-corrected chi connectivity index (χ2v) is 5.27. The highest BCUT2D eigenvalue weighted by Gasteiger charge is 2.10. The molecular formula is C15H11BrFNO3. The summed E-state index contributed by atoms with van der Waals surface area (Å²) in [5.74, 6) is -1.97. The van der Waals surface area contributed by atoms with Crippen LogP contribution < -0.4 is 5.32 Å². The fraction of sp³-hybridized carbons (Fsp3) is 0.0667. The molecule has 2 aromatic carbocycles. The van der Waals surface area contributed by atoms with Crippen LogP contribution in [0, 0.1) is 5.82 Å². The van der Waals surface area contributed by atoms with E-state index in [1.54, 1.807) is 18.2 Å². The first-order chi connectivity index (χ1) is 9.95. The lowest BCUT2D eigenvalue weighted by atomic mass is 10.1. The lowest BCUT2D eigenvalue weighted by molar-refractivity contribution is -0.115. The van der Waals surface area contributed by atoms with Crippen molar-refractivity contribution in [3.05, 3.63) is 63.9 Å². The van der Waals surface area contributed by atoms with E-state index in [1.165, 1.54) is 24.3 Å². The van der Waals surface area contributed by atoms with Crippen molar-refractivity contribution in [1.29, 1.82) is 0 Å². The number of hydrogen-bond donors (Lipinski definition) is 2. The quantitative estimate of drug-likeness (QED) is 0.886. The third-order valence-electron chi connectivity index (χ3n) is 2.74. The molecule has 1 amide bonds. The van der Waals surface area contributed by atoms with Crippen LogP contribution in [0.1, 0.15) is 15.9 Å². The van der Waals surface area contributed by atoms with E-state index >= 15 is 0 Å². The molecule has 0 heterocycles. The predicted octanol–water partition coefficient (Wildman–Crippen LogP) is 3.47. The van der Waals surface area contributed by atoms with E-state index in [0.29, 0.717) is 10.2 Å². The molecule has 0 fully saturated rings. The van der Waals surface area contributed by atoms with Gasteiger partial charge in [0.15, 0.2) is 0 Å². The van der Waals surface area contributed by atoms with Crippen LogP contribution in [0.5, 0.6) is 0 Å². The lowest BCUT2D eigenvalue weighted by Gasteiger charge is -2.08. The van der Waals surface area contributed by atoms with Gasteiger partial charge in [0.05, 0.1) is 12.0 Å². The van der Waals surface area contributed by atoms with Crippen LogP contribution in [-0.4, -0.2) is 17.0 Å². The minimum atomic E-state index is -1.10. The van der Waals surface area contributed by atoms with Gasteiger partial charge in [0.1, 0.15) is 5.82 Å². The zero-order chi connectivity index (χ0) is 15.4. The maximum Gasteiger partial charge on any atom is 0.335 e. The maximum atomic E-state index is 13.5. The Kier molecular flexibility index (Phi) is 4.70. The van der Waals surface area contributed by atoms with Crippen LogP contribution in [-0.2, 0) is 11.2 Å². The monoisotopic (exact) mass is 351 g/mol. The van der Waals surface area contributed by atoms with Gasteiger partial charge < -0.3 is 10.4 Å². The van der Waals surface area contributed by atoms with Gasteiger partial charge in [0, 0.05) is 10.2 Å². The van der Waals surface area contributed by atoms with Gasteiger partial charge in [-0.2, -0.15) is 0 Å². The van der Waals surface area contributed by atoms with Crippen molar-refractivity contribution < 1.29 is 19.1 Å². The Morgan fingerprint density at radius 3 is 2.57 bits per heavy atom. The summed E-state index contributed by atoms with van der Waals surface area (Å²) in [4.78, 5) is 22.8. The molecule has 0 unspecified atom stereocenters. The molecule has 0 spiro atoms. The fourth-order valence-electron chi connectivity index (χ4n) is 1.81. The number of carboxylic acids is 1. The summed E-state index contributed by atoms with van der Waals surface area (Å²) in [7, 11) is 0. The number of anilines is 1. The number of nitrogens with one attached hydrogen (secondary N) is 1. The summed E-state index contributed by atoms with van der Waals surface area (Å²) >= 11 is 3.18. The molecule has 108 valence electrons. The predicted molar refractivity (Wildman–Crippen MR) is 79.8 cm³/mol. The molecule has 21 heavy (non-hydrogen) atoms. The third kappa shape index (κ3) is 4.13. The maximum absolute atomic E-state index is 13.5. The lowest BCUT2D eigenvalue weighted by Crippen LogP contribution is -2.15. The largest absolute Gasteiger partial charge is 0.478 e. The molecular weight excluding hydrogens is 341 g/mol. The number of carbonyl (C=O) groups excluding carboxylic acids is 1. The van der Waals surface area contributed by atoms with Crippen molar-refractivity contribution in [2.45, 2.75) is 6.42 Å². The smallest absolute Gasteiger partial charge is 0.335 e. The highest BCUT2D eigenvalue weighted by molar-refractivity contribution is 9.10. The zero-order valence-corrected chi connectivity index (χ0v) is 12.4. The van der Waals surface area contributed by atoms with Crippen molar-refractivity contribution in [3.63, 3.8) is 0 Å². The highest BCUT2D eigenvalue weighted by atomic mass is 79.9. The Hall–Kier alpha value is -2.21. The number of carboxylic acid groups (broad SMARTS) is 1. The minimum absolute atomic E-state index is 0.0468. The molecule has 0 aromatic heterocycles. The first-order valence-electron chi connectivity index (χ1n) is 6.03. The normalized spacial score (nSPS) is 10.2. The van der Waals surface area contributed by atoms with Crippen LogP contribution in [0.4, 0.5) is 10.1 Å². The first-order valence-corrected chi connectivity index (χ1v) is 6.82. The molecule has 0 atom stereocenters. The molecule has 0 bridgehead atoms. The van der Waals surface area contributed by atoms with E-state index in [0.717, 1.165) is 0 Å². The first kappa shape index (κ1) is 15.2. The number of carbonyl (C=O) groups is 2. The summed E-state index contributed by atoms with van der Waals surface area (Å²) in [6.07, 6.45) is -0.123. The molecule has 0 aliphatic rings. The number of hydrogen-bond acceptors (Lipinski definition) is 2. The van der Waals surface area contributed by atoms with Gasteiger partial charge in [-0.1, -0.05) is 34.1 Å². The molecule has 4 nitrogen and oxygen atoms in total. The molecule has 0 aliphatic carbocycles. The number of halogens is 2. The fourth-order valence-corrected chi connectivity index (χ4v) is 2.30. The average molecular weight is 352 g/mol. The molecule has 2 N–H and O–H groups in total. The third-order valence-corrected chi connectivity index (χ3v) is 3.20. The van der Waals surface area contributed by atoms with E-state index in [4.69, 9.17) is 5.11 Å². The molecule has 2 rings (SSSR count). The second-order valence-electron chi connectivity index (χ2n) is 4.35. The Bertz CT molecular complexity index is 703. The summed E-state index contributed by atoms with van der Waals surface area (Å²) in [5, 5.41) is 11.5. The topological polar surface area (TPSA) is 66.4 Å². The van der Waals surface area contributed by atoms with Crippen LogP contribution in [0.15, 0.2) is 46.9 Å². The zero-order valence-electron chi connectivity index (χ0n) is 10.8. The van der Waals surface area contributed by atoms with Gasteiger partial charge in [-0.15, -0.1) is 0 Å². The average Bonchev–Trinajstić information content (AvgIpc) is 2.40. The van der Waals surface area contributed by atoms with Crippen molar-refractivity contribution in [3.8, 4) is 0 Å². The minimum Gasteiger partial charge on any atom is -0.478 e. The van der Waals surface area contributed by atoms with Gasteiger partial charge in [-0.05, 0) is 29.8 Å². The van der Waals surface area contributed by atoms with Crippen molar-refractivity contribution in [1.82, 2.24) is 0 Å². The van der Waals surface area contributed by atoms with Crippen molar-refractivity contribution in [2.24, 2.45) is 0 Å². The van der Waals surface area contributed by atoms with Crippen LogP contribution >= 0.6 is 15.9 Å². The van der Waals surface area contributed by atoms with Gasteiger partial charge in [-0.3, -0.25) is 4.79 Å². The van der Waals surface area contributed by atoms with E-state index in [2.05, 4.69) is 21.2 Å². The van der Waals surface area contributed by atoms with E-state index in [9.17, 15) is 14.0 Å². The number of rotatable bonds is 4. The standard InChI is InChI=1S/C15H11BrFNO3/c16-11-5-10(15(20)21)6-12(8-11)18-14(19)7-9-3-1-2-4-13(9)17/h1-6,8H,7H2,(H,18,19)(H,20,21). The van der Waals surface area contributed by atoms with Gasteiger partial charge in [0.2, 0.25) is 5.91 Å². The molecule has 0 radical (unpaired) electrons. The Labute approximate surface area is 128 Å². The molecule has 0 aliphatic heterocycles. The second kappa shape index (κ2) is 6.49. The van der Waals surface area contributed by atoms with Gasteiger partial charge in [-0.25, -0.2) is 9.18 Å². The van der Waals surface area contributed by atoms with Crippen LogP contribution in [0.3, 0.4) is 0 Å². The number of aromatic carboxylic acids is 1. The number of amides is 1. The van der Waals surface area contributed by atoms with Gasteiger partial charge in [0.25, 0.3) is 0 Å². The Balaban J connectivity index is 2.13. The van der Waals surface area contributed by atoms with Crippen molar-refractivity contribution >= 4 is 33.5 Å². The SMILES string of the molecule is O=C(Cc1ccccc1F)Nc1cc(Br)cc(C(=O)O)c1. The van der Waals surface area contributed by atoms with Gasteiger partial charge >= 0.3 is 5.97 Å². The van der Waals surface area contributed by atoms with Crippen molar-refractivity contribution in [2.75, 3.05) is 5.32 Å². The summed E-state index contributed by atoms with van der Waals surface area (Å²) < 4.78 is 14.0. The summed E-state index contributed by atoms with van der Waals surface area (Å²) in [5.41, 5.74) is 0.664. The Morgan fingerprint density at radius 1 is 1.19 bits per heavy atom.